The van der Waals surface area contributed by atoms with Crippen LogP contribution in [-0.2, 0) is 14.3 Å². The van der Waals surface area contributed by atoms with Crippen molar-refractivity contribution in [2.75, 3.05) is 0 Å². The van der Waals surface area contributed by atoms with Gasteiger partial charge in [0.2, 0.25) is 0 Å². The molecule has 0 unspecified atom stereocenters. The first kappa shape index (κ1) is 12.7. The van der Waals surface area contributed by atoms with E-state index in [0.717, 1.165) is 6.26 Å². The molecule has 0 aromatic heterocycles. The fraction of sp³-hybridized carbons (Fsp3) is 0. The molecular formula is C8H9NaO3S. The van der Waals surface area contributed by atoms with Crippen LogP contribution in [0.4, 0.5) is 0 Å². The van der Waals surface area contributed by atoms with Gasteiger partial charge in [-0.1, -0.05) is 24.8 Å². The minimum atomic E-state index is -3.63. The van der Waals surface area contributed by atoms with Crippen molar-refractivity contribution < 1.29 is 12.6 Å². The van der Waals surface area contributed by atoms with E-state index < -0.39 is 10.1 Å². The molecule has 0 amide bonds. The van der Waals surface area contributed by atoms with E-state index in [-0.39, 0.29) is 34.5 Å². The van der Waals surface area contributed by atoms with Crippen molar-refractivity contribution in [3.8, 4) is 0 Å². The molecule has 1 aromatic carbocycles. The maximum atomic E-state index is 11.1. The van der Waals surface area contributed by atoms with Gasteiger partial charge in [-0.2, -0.15) is 8.42 Å². The van der Waals surface area contributed by atoms with E-state index in [1.54, 1.807) is 18.2 Å². The summed E-state index contributed by atoms with van der Waals surface area (Å²) >= 11 is 0. The van der Waals surface area contributed by atoms with Crippen molar-refractivity contribution in [3.63, 3.8) is 0 Å². The van der Waals surface area contributed by atoms with Crippen LogP contribution in [0.3, 0.4) is 0 Å². The first-order chi connectivity index (χ1) is 5.67. The van der Waals surface area contributed by atoms with Crippen LogP contribution in [0.15, 0.2) is 48.1 Å². The fourth-order valence-electron chi connectivity index (χ4n) is 0.732. The van der Waals surface area contributed by atoms with Gasteiger partial charge < -0.3 is 4.18 Å². The van der Waals surface area contributed by atoms with Gasteiger partial charge in [-0.25, -0.2) is 0 Å². The van der Waals surface area contributed by atoms with Gasteiger partial charge in [0.25, 0.3) is 0 Å². The van der Waals surface area contributed by atoms with Gasteiger partial charge in [-0.05, 0) is 12.1 Å². The standard InChI is InChI=1S/C8H8O3S.Na.H/c1-2-11-12(9,10)8-6-4-3-5-7-8;;/h2-7H,1H2;;. The van der Waals surface area contributed by atoms with Gasteiger partial charge in [-0.3, -0.25) is 0 Å². The summed E-state index contributed by atoms with van der Waals surface area (Å²) in [7, 11) is -3.63. The maximum absolute atomic E-state index is 11.1. The third kappa shape index (κ3) is 3.52. The molecule has 5 heteroatoms. The molecular weight excluding hydrogens is 199 g/mol. The van der Waals surface area contributed by atoms with E-state index in [1.807, 2.05) is 0 Å². The van der Waals surface area contributed by atoms with E-state index in [9.17, 15) is 8.42 Å². The zero-order valence-corrected chi connectivity index (χ0v) is 7.12. The van der Waals surface area contributed by atoms with Crippen molar-refractivity contribution in [1.82, 2.24) is 0 Å². The fourth-order valence-corrected chi connectivity index (χ4v) is 1.51. The van der Waals surface area contributed by atoms with Gasteiger partial charge in [0.15, 0.2) is 0 Å². The van der Waals surface area contributed by atoms with Gasteiger partial charge in [0.05, 0.1) is 6.26 Å². The van der Waals surface area contributed by atoms with Gasteiger partial charge in [0, 0.05) is 0 Å². The Balaban J connectivity index is 0.00000144. The summed E-state index contributed by atoms with van der Waals surface area (Å²) < 4.78 is 26.6. The second-order valence-corrected chi connectivity index (χ2v) is 3.60. The normalized spacial score (nSPS) is 9.85. The molecule has 0 aliphatic carbocycles. The van der Waals surface area contributed by atoms with Crippen LogP contribution in [0, 0.1) is 0 Å². The number of rotatable bonds is 3. The third-order valence-corrected chi connectivity index (χ3v) is 2.47. The third-order valence-electron chi connectivity index (χ3n) is 1.23. The zero-order chi connectivity index (χ0) is 9.03. The summed E-state index contributed by atoms with van der Waals surface area (Å²) in [4.78, 5) is 0.130. The minimum absolute atomic E-state index is 0. The van der Waals surface area contributed by atoms with Crippen molar-refractivity contribution in [2.24, 2.45) is 0 Å². The Bertz CT molecular complexity index is 358. The Hall–Kier alpha value is -0.290. The van der Waals surface area contributed by atoms with Crippen molar-refractivity contribution >= 4 is 39.7 Å². The van der Waals surface area contributed by atoms with Crippen molar-refractivity contribution in [2.45, 2.75) is 4.90 Å². The first-order valence-electron chi connectivity index (χ1n) is 3.26. The summed E-state index contributed by atoms with van der Waals surface area (Å²) in [5.74, 6) is 0. The Morgan fingerprint density at radius 2 is 1.77 bits per heavy atom. The molecule has 0 spiro atoms. The molecule has 0 saturated heterocycles. The number of hydrogen-bond acceptors (Lipinski definition) is 3. The van der Waals surface area contributed by atoms with Crippen LogP contribution in [0.25, 0.3) is 0 Å². The molecule has 0 atom stereocenters. The molecule has 0 aliphatic heterocycles. The summed E-state index contributed by atoms with van der Waals surface area (Å²) in [6.07, 6.45) is 0.891. The van der Waals surface area contributed by atoms with Gasteiger partial charge in [-0.15, -0.1) is 0 Å². The monoisotopic (exact) mass is 208 g/mol. The second kappa shape index (κ2) is 5.44. The summed E-state index contributed by atoms with van der Waals surface area (Å²) in [5, 5.41) is 0. The Morgan fingerprint density at radius 1 is 1.23 bits per heavy atom. The van der Waals surface area contributed by atoms with E-state index >= 15 is 0 Å². The van der Waals surface area contributed by atoms with Crippen LogP contribution in [0.1, 0.15) is 0 Å². The Labute approximate surface area is 99.8 Å². The predicted molar refractivity (Wildman–Crippen MR) is 52.1 cm³/mol. The van der Waals surface area contributed by atoms with Crippen LogP contribution in [0.2, 0.25) is 0 Å². The van der Waals surface area contributed by atoms with Crippen molar-refractivity contribution in [3.05, 3.63) is 43.2 Å². The zero-order valence-electron chi connectivity index (χ0n) is 6.30. The second-order valence-electron chi connectivity index (χ2n) is 2.03. The molecule has 0 heterocycles. The molecule has 66 valence electrons. The molecule has 3 nitrogen and oxygen atoms in total. The van der Waals surface area contributed by atoms with Crippen LogP contribution >= 0.6 is 0 Å². The molecule has 1 aromatic rings. The molecule has 0 radical (unpaired) electrons. The molecule has 1 rings (SSSR count). The summed E-state index contributed by atoms with van der Waals surface area (Å²) in [5.41, 5.74) is 0. The molecule has 0 aliphatic rings. The van der Waals surface area contributed by atoms with Crippen molar-refractivity contribution in [1.29, 1.82) is 0 Å². The predicted octanol–water partition coefficient (Wildman–Crippen LogP) is 0.887. The van der Waals surface area contributed by atoms with E-state index in [0.29, 0.717) is 0 Å². The first-order valence-corrected chi connectivity index (χ1v) is 4.67. The molecule has 0 N–H and O–H groups in total. The topological polar surface area (TPSA) is 43.4 Å². The molecule has 0 saturated carbocycles. The summed E-state index contributed by atoms with van der Waals surface area (Å²) in [6.45, 7) is 3.17. The number of benzene rings is 1. The van der Waals surface area contributed by atoms with Gasteiger partial charge >= 0.3 is 39.7 Å². The van der Waals surface area contributed by atoms with Crippen LogP contribution in [-0.4, -0.2) is 38.0 Å². The number of hydrogen-bond donors (Lipinski definition) is 0. The quantitative estimate of drug-likeness (QED) is 0.421. The van der Waals surface area contributed by atoms with E-state index in [4.69, 9.17) is 0 Å². The van der Waals surface area contributed by atoms with E-state index in [1.165, 1.54) is 12.1 Å². The summed E-state index contributed by atoms with van der Waals surface area (Å²) in [6, 6.07) is 7.89. The Kier molecular flexibility index (Phi) is 5.32. The average molecular weight is 208 g/mol. The SMILES string of the molecule is C=COS(=O)(=O)c1ccccc1.[NaH]. The molecule has 0 bridgehead atoms. The molecule has 13 heavy (non-hydrogen) atoms. The van der Waals surface area contributed by atoms with Crippen LogP contribution in [0.5, 0.6) is 0 Å². The van der Waals surface area contributed by atoms with E-state index in [2.05, 4.69) is 10.8 Å². The molecule has 0 fully saturated rings. The van der Waals surface area contributed by atoms with Gasteiger partial charge in [0.1, 0.15) is 4.90 Å². The average Bonchev–Trinajstić information content (AvgIpc) is 2.06. The Morgan fingerprint density at radius 3 is 2.23 bits per heavy atom. The van der Waals surface area contributed by atoms with Crippen LogP contribution < -0.4 is 0 Å².